The molecule has 25 heavy (non-hydrogen) atoms. The summed E-state index contributed by atoms with van der Waals surface area (Å²) in [6.45, 7) is 0. The van der Waals surface area contributed by atoms with Gasteiger partial charge in [0.05, 0.1) is 23.8 Å². The van der Waals surface area contributed by atoms with Crippen molar-refractivity contribution in [2.45, 2.75) is 24.4 Å². The molecule has 0 radical (unpaired) electrons. The third kappa shape index (κ3) is 2.52. The fourth-order valence-corrected chi connectivity index (χ4v) is 2.92. The van der Waals surface area contributed by atoms with Crippen LogP contribution in [0.4, 0.5) is 18.9 Å². The number of rotatable bonds is 3. The quantitative estimate of drug-likeness (QED) is 0.862. The highest BCUT2D eigenvalue weighted by molar-refractivity contribution is 5.95. The van der Waals surface area contributed by atoms with Crippen molar-refractivity contribution >= 4 is 11.7 Å². The smallest absolute Gasteiger partial charge is 0.398 e. The number of alkyl halides is 3. The zero-order chi connectivity index (χ0) is 18.4. The Hall–Kier alpha value is -2.95. The topological polar surface area (TPSA) is 81.0 Å². The number of esters is 1. The van der Waals surface area contributed by atoms with E-state index < -0.39 is 17.6 Å². The van der Waals surface area contributed by atoms with E-state index in [1.807, 2.05) is 6.07 Å². The van der Waals surface area contributed by atoms with Gasteiger partial charge in [-0.3, -0.25) is 0 Å². The van der Waals surface area contributed by atoms with Gasteiger partial charge in [0.1, 0.15) is 6.07 Å². The van der Waals surface area contributed by atoms with Crippen LogP contribution in [0.1, 0.15) is 34.5 Å². The zero-order valence-electron chi connectivity index (χ0n) is 13.2. The summed E-state index contributed by atoms with van der Waals surface area (Å²) in [6.07, 6.45) is -2.80. The first kappa shape index (κ1) is 16.9. The molecule has 0 saturated heterocycles. The van der Waals surface area contributed by atoms with E-state index in [2.05, 4.69) is 4.74 Å². The Morgan fingerprint density at radius 2 is 1.92 bits per heavy atom. The van der Waals surface area contributed by atoms with E-state index in [9.17, 15) is 18.0 Å². The Kier molecular flexibility index (Phi) is 3.75. The number of nitrogens with two attached hydrogens (primary N) is 1. The predicted molar refractivity (Wildman–Crippen MR) is 83.2 cm³/mol. The van der Waals surface area contributed by atoms with Gasteiger partial charge in [0.2, 0.25) is 0 Å². The fourth-order valence-electron chi connectivity index (χ4n) is 2.92. The third-order valence-electron chi connectivity index (χ3n) is 4.53. The number of carbonyl (C=O) groups is 1. The van der Waals surface area contributed by atoms with Crippen LogP contribution in [0.2, 0.25) is 0 Å². The molecule has 1 heterocycles. The van der Waals surface area contributed by atoms with Crippen LogP contribution >= 0.6 is 0 Å². The van der Waals surface area contributed by atoms with Crippen molar-refractivity contribution in [2.24, 2.45) is 0 Å². The number of anilines is 1. The van der Waals surface area contributed by atoms with Crippen LogP contribution in [-0.4, -0.2) is 23.8 Å². The average molecular weight is 349 g/mol. The highest BCUT2D eigenvalue weighted by atomic mass is 19.4. The molecule has 8 heteroatoms. The first-order valence-electron chi connectivity index (χ1n) is 7.42. The molecule has 0 spiro atoms. The van der Waals surface area contributed by atoms with Crippen molar-refractivity contribution in [1.82, 2.24) is 4.57 Å². The molecule has 2 aromatic rings. The number of benzene rings is 1. The SMILES string of the molecule is COC(=O)c1c(N)c(C#N)cn1-c1ccc(C2(C(F)(F)F)CC2)cc1. The van der Waals surface area contributed by atoms with Gasteiger partial charge in [-0.05, 0) is 30.5 Å². The number of carbonyl (C=O) groups excluding carboxylic acids is 1. The van der Waals surface area contributed by atoms with Crippen LogP contribution in [0.3, 0.4) is 0 Å². The van der Waals surface area contributed by atoms with Crippen LogP contribution in [-0.2, 0) is 10.2 Å². The van der Waals surface area contributed by atoms with Gasteiger partial charge in [-0.15, -0.1) is 0 Å². The van der Waals surface area contributed by atoms with E-state index in [4.69, 9.17) is 11.0 Å². The molecule has 1 aliphatic rings. The second-order valence-electron chi connectivity index (χ2n) is 5.91. The Balaban J connectivity index is 2.05. The summed E-state index contributed by atoms with van der Waals surface area (Å²) in [7, 11) is 1.18. The number of methoxy groups -OCH3 is 1. The van der Waals surface area contributed by atoms with Crippen LogP contribution in [0.15, 0.2) is 30.5 Å². The van der Waals surface area contributed by atoms with E-state index in [-0.39, 0.29) is 35.3 Å². The lowest BCUT2D eigenvalue weighted by Gasteiger charge is -2.20. The molecule has 130 valence electrons. The summed E-state index contributed by atoms with van der Waals surface area (Å²) in [5.41, 5.74) is 4.63. The third-order valence-corrected chi connectivity index (χ3v) is 4.53. The molecule has 0 bridgehead atoms. The largest absolute Gasteiger partial charge is 0.464 e. The molecule has 2 N–H and O–H groups in total. The number of ether oxygens (including phenoxy) is 1. The zero-order valence-corrected chi connectivity index (χ0v) is 13.2. The van der Waals surface area contributed by atoms with Crippen molar-refractivity contribution < 1.29 is 22.7 Å². The van der Waals surface area contributed by atoms with Crippen LogP contribution in [0.5, 0.6) is 0 Å². The predicted octanol–water partition coefficient (Wildman–Crippen LogP) is 3.31. The summed E-state index contributed by atoms with van der Waals surface area (Å²) in [5.74, 6) is -0.739. The highest BCUT2D eigenvalue weighted by Crippen LogP contribution is 2.58. The van der Waals surface area contributed by atoms with Gasteiger partial charge in [-0.25, -0.2) is 4.79 Å². The molecule has 0 atom stereocenters. The van der Waals surface area contributed by atoms with Crippen molar-refractivity contribution in [3.8, 4) is 11.8 Å². The van der Waals surface area contributed by atoms with E-state index in [1.165, 1.54) is 42.1 Å². The van der Waals surface area contributed by atoms with Gasteiger partial charge in [0, 0.05) is 11.9 Å². The minimum atomic E-state index is -4.29. The van der Waals surface area contributed by atoms with Gasteiger partial charge in [-0.1, -0.05) is 12.1 Å². The Labute approximate surface area is 141 Å². The Morgan fingerprint density at radius 1 is 1.32 bits per heavy atom. The lowest BCUT2D eigenvalue weighted by Crippen LogP contribution is -2.28. The lowest BCUT2D eigenvalue weighted by molar-refractivity contribution is -0.160. The monoisotopic (exact) mass is 349 g/mol. The second-order valence-corrected chi connectivity index (χ2v) is 5.91. The molecule has 1 saturated carbocycles. The van der Waals surface area contributed by atoms with Crippen molar-refractivity contribution in [2.75, 3.05) is 12.8 Å². The number of aromatic nitrogens is 1. The second kappa shape index (κ2) is 5.55. The number of hydrogen-bond donors (Lipinski definition) is 1. The standard InChI is InChI=1S/C17H14F3N3O2/c1-25-15(24)14-13(22)10(8-21)9-23(14)12-4-2-11(3-5-12)16(6-7-16)17(18,19)20/h2-5,9H,6-7,22H2,1H3. The molecule has 0 unspecified atom stereocenters. The van der Waals surface area contributed by atoms with Crippen molar-refractivity contribution in [1.29, 1.82) is 5.26 Å². The first-order valence-corrected chi connectivity index (χ1v) is 7.42. The molecular weight excluding hydrogens is 335 g/mol. The van der Waals surface area contributed by atoms with Crippen molar-refractivity contribution in [3.05, 3.63) is 47.3 Å². The Morgan fingerprint density at radius 3 is 2.36 bits per heavy atom. The van der Waals surface area contributed by atoms with Crippen LogP contribution in [0.25, 0.3) is 5.69 Å². The molecule has 0 amide bonds. The summed E-state index contributed by atoms with van der Waals surface area (Å²) in [6, 6.07) is 7.58. The number of halogens is 3. The van der Waals surface area contributed by atoms with Gasteiger partial charge in [-0.2, -0.15) is 18.4 Å². The minimum absolute atomic E-state index is 0.0348. The van der Waals surface area contributed by atoms with Gasteiger partial charge in [0.25, 0.3) is 0 Å². The summed E-state index contributed by atoms with van der Waals surface area (Å²) in [4.78, 5) is 11.9. The normalized spacial score (nSPS) is 15.5. The summed E-state index contributed by atoms with van der Waals surface area (Å²) in [5, 5.41) is 9.09. The van der Waals surface area contributed by atoms with E-state index >= 15 is 0 Å². The lowest BCUT2D eigenvalue weighted by atomic mass is 9.95. The molecule has 1 aromatic heterocycles. The minimum Gasteiger partial charge on any atom is -0.464 e. The van der Waals surface area contributed by atoms with Crippen LogP contribution < -0.4 is 5.73 Å². The molecule has 1 fully saturated rings. The number of nitrogen functional groups attached to an aromatic ring is 1. The fraction of sp³-hybridized carbons (Fsp3) is 0.294. The molecule has 1 aromatic carbocycles. The maximum absolute atomic E-state index is 13.2. The van der Waals surface area contributed by atoms with E-state index in [1.54, 1.807) is 0 Å². The van der Waals surface area contributed by atoms with Crippen molar-refractivity contribution in [3.63, 3.8) is 0 Å². The number of nitrogens with zero attached hydrogens (tertiary/aromatic N) is 2. The number of nitriles is 1. The Bertz CT molecular complexity index is 872. The summed E-state index contributed by atoms with van der Waals surface area (Å²) >= 11 is 0. The van der Waals surface area contributed by atoms with Gasteiger partial charge >= 0.3 is 12.1 Å². The molecule has 1 aliphatic carbocycles. The average Bonchev–Trinajstić information content (AvgIpc) is 3.34. The maximum Gasteiger partial charge on any atom is 0.398 e. The number of hydrogen-bond acceptors (Lipinski definition) is 4. The molecule has 5 nitrogen and oxygen atoms in total. The van der Waals surface area contributed by atoms with E-state index in [0.717, 1.165) is 0 Å². The highest BCUT2D eigenvalue weighted by Gasteiger charge is 2.64. The maximum atomic E-state index is 13.2. The molecule has 0 aliphatic heterocycles. The van der Waals surface area contributed by atoms with E-state index in [0.29, 0.717) is 5.69 Å². The van der Waals surface area contributed by atoms with Gasteiger partial charge in [0.15, 0.2) is 5.69 Å². The first-order chi connectivity index (χ1) is 11.7. The molecular formula is C17H14F3N3O2. The van der Waals surface area contributed by atoms with Gasteiger partial charge < -0.3 is 15.0 Å². The summed E-state index contributed by atoms with van der Waals surface area (Å²) < 4.78 is 45.6. The van der Waals surface area contributed by atoms with Crippen LogP contribution in [0, 0.1) is 11.3 Å². The molecule has 3 rings (SSSR count).